The number of rotatable bonds is 1. The fourth-order valence-corrected chi connectivity index (χ4v) is 0. The van der Waals surface area contributed by atoms with E-state index in [0.717, 1.165) is 28.1 Å². The van der Waals surface area contributed by atoms with Crippen LogP contribution in [0.3, 0.4) is 0 Å². The standard InChI is InChI=1S/C2H3O2.2C2H4O2.C2H3O.2CH3O.3CH3.3K/c1-4-2-3;2*1-2(3)4;1-2-3;2*1-2;;;;;;/h1H3;2*1H3,(H,3,4);1H3;2*1H3;3*1H3;;;/q-1;;;6*-1;3*+1/p-2. The third-order valence-electron chi connectivity index (χ3n) is 0.0833. The molecule has 0 aromatic carbocycles. The van der Waals surface area contributed by atoms with Crippen LogP contribution in [0, 0.1) is 22.3 Å². The first kappa shape index (κ1) is 79.8. The largest absolute Gasteiger partial charge is 1.00 e. The van der Waals surface area contributed by atoms with Crippen molar-refractivity contribution in [1.29, 1.82) is 0 Å². The summed E-state index contributed by atoms with van der Waals surface area (Å²) in [5.74, 6) is -2.17. The van der Waals surface area contributed by atoms with Gasteiger partial charge in [-0.15, -0.1) is 0 Å². The topological polar surface area (TPSA) is 170 Å². The number of carboxylic acid groups (broad SMARTS) is 2. The summed E-state index contributed by atoms with van der Waals surface area (Å²) in [7, 11) is 2.76. The van der Waals surface area contributed by atoms with Crippen LogP contribution in [0.4, 0.5) is 0 Å². The van der Waals surface area contributed by atoms with Gasteiger partial charge >= 0.3 is 154 Å². The van der Waals surface area contributed by atoms with Crippen LogP contribution in [0.15, 0.2) is 0 Å². The van der Waals surface area contributed by atoms with Crippen LogP contribution < -0.4 is 175 Å². The number of carbonyl (C=O) groups excluding carboxylic acids is 4. The first-order chi connectivity index (χ1) is 8.79. The number of hydrogen-bond acceptors (Lipinski definition) is 9. The molecule has 25 heavy (non-hydrogen) atoms. The smallest absolute Gasteiger partial charge is 0.857 e. The molecule has 0 bridgehead atoms. The number of carboxylic acids is 2. The van der Waals surface area contributed by atoms with Gasteiger partial charge in [-0.2, -0.15) is 21.1 Å². The fraction of sp³-hybridized carbons (Fsp3) is 0.462. The molecule has 142 valence electrons. The summed E-state index contributed by atoms with van der Waals surface area (Å²) in [6, 6.07) is 0. The molecule has 0 fully saturated rings. The molecule has 0 atom stereocenters. The molecule has 9 nitrogen and oxygen atoms in total. The minimum atomic E-state index is -1.08. The van der Waals surface area contributed by atoms with Crippen molar-refractivity contribution in [2.45, 2.75) is 20.8 Å². The second kappa shape index (κ2) is 127. The fourth-order valence-electron chi connectivity index (χ4n) is 0. The molecule has 0 saturated carbocycles. The van der Waals surface area contributed by atoms with Crippen LogP contribution in [-0.2, 0) is 23.9 Å². The van der Waals surface area contributed by atoms with Crippen LogP contribution in [0.2, 0.25) is 0 Å². The van der Waals surface area contributed by atoms with Gasteiger partial charge in [-0.1, -0.05) is 6.47 Å². The molecule has 0 aliphatic heterocycles. The Hall–Kier alpha value is 2.91. The second-order valence-electron chi connectivity index (χ2n) is 1.47. The van der Waals surface area contributed by atoms with Gasteiger partial charge in [-0.3, -0.25) is 6.29 Å². The SMILES string of the molecule is CC(=O)[O-].CC(=O)[O-].CO[C-]=O.C[C-]=O.C[O-].C[O-].[CH3-].[CH3-].[CH3-].[K+].[K+].[K+]. The van der Waals surface area contributed by atoms with Crippen LogP contribution in [-0.4, -0.2) is 46.0 Å². The number of ether oxygens (including phenoxy) is 1. The van der Waals surface area contributed by atoms with Crippen molar-refractivity contribution in [3.05, 3.63) is 22.3 Å². The predicted molar refractivity (Wildman–Crippen MR) is 76.5 cm³/mol. The maximum Gasteiger partial charge on any atom is 1.00 e. The van der Waals surface area contributed by atoms with E-state index in [1.54, 1.807) is 0 Å². The van der Waals surface area contributed by atoms with Crippen molar-refractivity contribution in [3.8, 4) is 0 Å². The number of carbonyl (C=O) groups is 2. The predicted octanol–water partition coefficient (Wildman–Crippen LogP) is -12.4. The average Bonchev–Trinajstić information content (AvgIpc) is 2.33. The van der Waals surface area contributed by atoms with Crippen molar-refractivity contribution in [3.63, 3.8) is 0 Å². The van der Waals surface area contributed by atoms with E-state index in [4.69, 9.17) is 39.6 Å². The molecule has 0 aliphatic carbocycles. The second-order valence-corrected chi connectivity index (χ2v) is 1.47. The Morgan fingerprint density at radius 3 is 0.800 bits per heavy atom. The van der Waals surface area contributed by atoms with E-state index in [9.17, 15) is 0 Å². The minimum absolute atomic E-state index is 0. The molecule has 0 N–H and O–H groups in total. The maximum atomic E-state index is 8.89. The van der Waals surface area contributed by atoms with E-state index in [2.05, 4.69) is 4.74 Å². The van der Waals surface area contributed by atoms with Crippen molar-refractivity contribution in [2.75, 3.05) is 21.3 Å². The zero-order chi connectivity index (χ0) is 17.3. The van der Waals surface area contributed by atoms with Gasteiger partial charge in [0.15, 0.2) is 0 Å². The van der Waals surface area contributed by atoms with Crippen molar-refractivity contribution < 1.29 is 198 Å². The van der Waals surface area contributed by atoms with E-state index >= 15 is 0 Å². The van der Waals surface area contributed by atoms with Gasteiger partial charge < -0.3 is 66.6 Å². The average molecular weight is 445 g/mol. The molecular formula is C13H27K3O9-6. The Morgan fingerprint density at radius 1 is 0.760 bits per heavy atom. The van der Waals surface area contributed by atoms with Crippen LogP contribution in [0.25, 0.3) is 0 Å². The van der Waals surface area contributed by atoms with Crippen LogP contribution in [0.1, 0.15) is 20.8 Å². The molecule has 0 amide bonds. The van der Waals surface area contributed by atoms with Gasteiger partial charge in [0.25, 0.3) is 0 Å². The van der Waals surface area contributed by atoms with Gasteiger partial charge in [0.05, 0.1) is 0 Å². The summed E-state index contributed by atoms with van der Waals surface area (Å²) in [6.45, 7) is 4.44. The molecule has 0 saturated heterocycles. The van der Waals surface area contributed by atoms with Gasteiger partial charge in [0, 0.05) is 19.0 Å². The molecule has 0 aliphatic rings. The summed E-state index contributed by atoms with van der Waals surface area (Å²) >= 11 is 0. The summed E-state index contributed by atoms with van der Waals surface area (Å²) < 4.78 is 3.74. The molecule has 0 radical (unpaired) electrons. The quantitative estimate of drug-likeness (QED) is 0.281. The van der Waals surface area contributed by atoms with Crippen LogP contribution in [0.5, 0.6) is 0 Å². The minimum Gasteiger partial charge on any atom is -0.857 e. The normalized spacial score (nSPS) is 3.84. The van der Waals surface area contributed by atoms with E-state index in [0.29, 0.717) is 0 Å². The Morgan fingerprint density at radius 2 is 0.800 bits per heavy atom. The Bertz CT molecular complexity index is 164. The Balaban J connectivity index is -0.00000000788. The third kappa shape index (κ3) is 1090. The van der Waals surface area contributed by atoms with Crippen molar-refractivity contribution in [2.24, 2.45) is 0 Å². The molecule has 0 rings (SSSR count). The number of methoxy groups -OCH3 is 1. The molecular weight excluding hydrogens is 417 g/mol. The number of hydrogen-bond donors (Lipinski definition) is 0. The zero-order valence-corrected chi connectivity index (χ0v) is 27.0. The summed E-state index contributed by atoms with van der Waals surface area (Å²) in [5, 5.41) is 34.3. The van der Waals surface area contributed by atoms with E-state index in [-0.39, 0.29) is 176 Å². The number of aliphatic carboxylic acids is 2. The van der Waals surface area contributed by atoms with Crippen LogP contribution >= 0.6 is 0 Å². The Labute approximate surface area is 281 Å². The molecule has 0 spiro atoms. The molecule has 0 aromatic rings. The van der Waals surface area contributed by atoms with Gasteiger partial charge in [-0.25, -0.2) is 0 Å². The molecule has 12 heteroatoms. The van der Waals surface area contributed by atoms with E-state index in [1.165, 1.54) is 26.8 Å². The first-order valence-corrected chi connectivity index (χ1v) is 4.15. The zero-order valence-electron chi connectivity index (χ0n) is 17.7. The van der Waals surface area contributed by atoms with Gasteiger partial charge in [0.1, 0.15) is 0 Å². The van der Waals surface area contributed by atoms with Crippen molar-refractivity contribution >= 4 is 24.7 Å². The van der Waals surface area contributed by atoms with E-state index < -0.39 is 11.9 Å². The Kier molecular flexibility index (Phi) is 407. The first-order valence-electron chi connectivity index (χ1n) is 4.15. The monoisotopic (exact) mass is 444 g/mol. The van der Waals surface area contributed by atoms with E-state index in [1.807, 2.05) is 0 Å². The summed E-state index contributed by atoms with van der Waals surface area (Å²) in [6.07, 6.45) is 1.50. The maximum absolute atomic E-state index is 8.89. The molecule has 0 aromatic heterocycles. The van der Waals surface area contributed by atoms with Gasteiger partial charge in [0.2, 0.25) is 0 Å². The van der Waals surface area contributed by atoms with Gasteiger partial charge in [-0.05, 0) is 13.8 Å². The van der Waals surface area contributed by atoms with Crippen molar-refractivity contribution in [1.82, 2.24) is 0 Å². The third-order valence-corrected chi connectivity index (χ3v) is 0.0833. The summed E-state index contributed by atoms with van der Waals surface area (Å²) in [5.41, 5.74) is 0. The molecule has 0 heterocycles. The molecule has 0 unspecified atom stereocenters. The summed E-state index contributed by atoms with van der Waals surface area (Å²) in [4.78, 5) is 35.3.